The van der Waals surface area contributed by atoms with Gasteiger partial charge < -0.3 is 0 Å². The van der Waals surface area contributed by atoms with Crippen molar-refractivity contribution in [3.8, 4) is 0 Å². The molecule has 0 saturated carbocycles. The zero-order valence-corrected chi connectivity index (χ0v) is 5.27. The molecular formula is C6H6N3O+. The predicted octanol–water partition coefficient (Wildman–Crippen LogP) is 0.306. The van der Waals surface area contributed by atoms with Crippen LogP contribution in [0.5, 0.6) is 0 Å². The van der Waals surface area contributed by atoms with E-state index in [0.29, 0.717) is 6.42 Å². The standard InChI is InChI=1S/C6H6N3O/c10-6-2-4-9-5(6)1-3-7-8-9/h1,3-5H,2H2/q+1. The lowest BCUT2D eigenvalue weighted by Crippen LogP contribution is -2.22. The first kappa shape index (κ1) is 5.46. The molecule has 0 fully saturated rings. The Kier molecular flexibility index (Phi) is 1.00. The summed E-state index contributed by atoms with van der Waals surface area (Å²) in [7, 11) is 0. The highest BCUT2D eigenvalue weighted by molar-refractivity contribution is 5.97. The normalized spacial score (nSPS) is 28.6. The second-order valence-corrected chi connectivity index (χ2v) is 2.22. The second kappa shape index (κ2) is 1.83. The number of Topliss-reactive ketones (excluding diaryl/α,β-unsaturated/α-hetero) is 1. The Labute approximate surface area is 57.5 Å². The van der Waals surface area contributed by atoms with Crippen LogP contribution in [-0.2, 0) is 4.79 Å². The van der Waals surface area contributed by atoms with E-state index in [2.05, 4.69) is 10.3 Å². The van der Waals surface area contributed by atoms with Gasteiger partial charge in [0.25, 0.3) is 0 Å². The van der Waals surface area contributed by atoms with E-state index in [-0.39, 0.29) is 11.8 Å². The van der Waals surface area contributed by atoms with Crippen molar-refractivity contribution in [1.29, 1.82) is 0 Å². The van der Waals surface area contributed by atoms with Gasteiger partial charge in [0.2, 0.25) is 6.04 Å². The lowest BCUT2D eigenvalue weighted by molar-refractivity contribution is -0.547. The lowest BCUT2D eigenvalue weighted by atomic mass is 10.2. The third-order valence-corrected chi connectivity index (χ3v) is 1.58. The summed E-state index contributed by atoms with van der Waals surface area (Å²) >= 11 is 0. The second-order valence-electron chi connectivity index (χ2n) is 2.22. The SMILES string of the molecule is O=C1CC=[N+]2N=NC=CC12. The number of rotatable bonds is 0. The molecule has 0 saturated heterocycles. The van der Waals surface area contributed by atoms with E-state index in [1.807, 2.05) is 0 Å². The zero-order chi connectivity index (χ0) is 6.97. The van der Waals surface area contributed by atoms with Gasteiger partial charge in [-0.05, 0) is 0 Å². The molecule has 0 spiro atoms. The van der Waals surface area contributed by atoms with Crippen LogP contribution in [0, 0.1) is 0 Å². The molecule has 0 aromatic heterocycles. The van der Waals surface area contributed by atoms with Crippen LogP contribution in [0.4, 0.5) is 0 Å². The number of carbonyl (C=O) groups excluding carboxylic acids is 1. The lowest BCUT2D eigenvalue weighted by Gasteiger charge is -1.99. The van der Waals surface area contributed by atoms with Crippen molar-refractivity contribution >= 4 is 12.0 Å². The first-order valence-electron chi connectivity index (χ1n) is 3.10. The fourth-order valence-corrected chi connectivity index (χ4v) is 1.06. The van der Waals surface area contributed by atoms with Gasteiger partial charge in [-0.25, -0.2) is 0 Å². The van der Waals surface area contributed by atoms with Gasteiger partial charge >= 0.3 is 0 Å². The van der Waals surface area contributed by atoms with E-state index in [1.165, 1.54) is 0 Å². The Morgan fingerprint density at radius 1 is 1.70 bits per heavy atom. The Morgan fingerprint density at radius 3 is 3.40 bits per heavy atom. The first-order valence-corrected chi connectivity index (χ1v) is 3.10. The number of hydrogen-bond acceptors (Lipinski definition) is 3. The molecule has 0 aromatic carbocycles. The van der Waals surface area contributed by atoms with Crippen molar-refractivity contribution < 1.29 is 9.48 Å². The number of hydrogen-bond donors (Lipinski definition) is 0. The monoisotopic (exact) mass is 136 g/mol. The van der Waals surface area contributed by atoms with Gasteiger partial charge in [-0.2, -0.15) is 0 Å². The molecule has 4 heteroatoms. The molecule has 2 rings (SSSR count). The number of carbonyl (C=O) groups is 1. The van der Waals surface area contributed by atoms with Gasteiger partial charge in [-0.15, -0.1) is 4.68 Å². The summed E-state index contributed by atoms with van der Waals surface area (Å²) in [6.07, 6.45) is 5.53. The van der Waals surface area contributed by atoms with Crippen LogP contribution >= 0.6 is 0 Å². The van der Waals surface area contributed by atoms with Crippen molar-refractivity contribution in [2.75, 3.05) is 0 Å². The Morgan fingerprint density at radius 2 is 2.60 bits per heavy atom. The first-order chi connectivity index (χ1) is 4.88. The molecule has 0 amide bonds. The van der Waals surface area contributed by atoms with Crippen LogP contribution < -0.4 is 0 Å². The van der Waals surface area contributed by atoms with Crippen LogP contribution in [-0.4, -0.2) is 22.7 Å². The van der Waals surface area contributed by atoms with Crippen LogP contribution in [0.2, 0.25) is 0 Å². The van der Waals surface area contributed by atoms with E-state index in [9.17, 15) is 4.79 Å². The Hall–Kier alpha value is -1.32. The minimum Gasteiger partial charge on any atom is -0.294 e. The maximum atomic E-state index is 11.0. The van der Waals surface area contributed by atoms with Crippen LogP contribution in [0.1, 0.15) is 6.42 Å². The van der Waals surface area contributed by atoms with Crippen molar-refractivity contribution in [3.05, 3.63) is 12.3 Å². The highest BCUT2D eigenvalue weighted by Crippen LogP contribution is 2.10. The van der Waals surface area contributed by atoms with Crippen LogP contribution in [0.15, 0.2) is 22.6 Å². The van der Waals surface area contributed by atoms with E-state index < -0.39 is 0 Å². The Bertz CT molecular complexity index is 264. The minimum atomic E-state index is -0.169. The minimum absolute atomic E-state index is 0.169. The highest BCUT2D eigenvalue weighted by Gasteiger charge is 2.31. The smallest absolute Gasteiger partial charge is 0.203 e. The molecule has 0 N–H and O–H groups in total. The molecule has 1 unspecified atom stereocenters. The van der Waals surface area contributed by atoms with Gasteiger partial charge in [0, 0.05) is 6.08 Å². The predicted molar refractivity (Wildman–Crippen MR) is 33.7 cm³/mol. The van der Waals surface area contributed by atoms with E-state index in [4.69, 9.17) is 0 Å². The quantitative estimate of drug-likeness (QED) is 0.442. The molecule has 1 atom stereocenters. The number of ketones is 1. The average molecular weight is 136 g/mol. The summed E-state index contributed by atoms with van der Waals surface area (Å²) in [6.45, 7) is 0. The molecular weight excluding hydrogens is 130 g/mol. The highest BCUT2D eigenvalue weighted by atomic mass is 16.1. The summed E-state index contributed by atoms with van der Waals surface area (Å²) < 4.78 is 1.59. The van der Waals surface area contributed by atoms with Crippen LogP contribution in [0.25, 0.3) is 0 Å². The molecule has 4 nitrogen and oxygen atoms in total. The molecule has 0 aromatic rings. The molecule has 0 radical (unpaired) electrons. The summed E-state index contributed by atoms with van der Waals surface area (Å²) in [5.74, 6) is 0.190. The molecule has 0 aliphatic carbocycles. The van der Waals surface area contributed by atoms with Crippen molar-refractivity contribution in [2.45, 2.75) is 12.5 Å². The van der Waals surface area contributed by atoms with Gasteiger partial charge in [-0.1, -0.05) is 0 Å². The van der Waals surface area contributed by atoms with Gasteiger partial charge in [-0.3, -0.25) is 4.79 Å². The third-order valence-electron chi connectivity index (χ3n) is 1.58. The van der Waals surface area contributed by atoms with E-state index in [0.717, 1.165) is 0 Å². The summed E-state index contributed by atoms with van der Waals surface area (Å²) in [4.78, 5) is 11.0. The largest absolute Gasteiger partial charge is 0.294 e. The van der Waals surface area contributed by atoms with Crippen molar-refractivity contribution in [1.82, 2.24) is 0 Å². The van der Waals surface area contributed by atoms with Crippen LogP contribution in [0.3, 0.4) is 0 Å². The molecule has 2 aliphatic heterocycles. The average Bonchev–Trinajstić information content (AvgIpc) is 2.34. The van der Waals surface area contributed by atoms with Crippen molar-refractivity contribution in [2.24, 2.45) is 10.3 Å². The van der Waals surface area contributed by atoms with Crippen molar-refractivity contribution in [3.63, 3.8) is 0 Å². The third kappa shape index (κ3) is 0.618. The maximum absolute atomic E-state index is 11.0. The van der Waals surface area contributed by atoms with E-state index in [1.54, 1.807) is 23.2 Å². The molecule has 2 aliphatic rings. The van der Waals surface area contributed by atoms with Gasteiger partial charge in [0.1, 0.15) is 5.22 Å². The fraction of sp³-hybridized carbons (Fsp3) is 0.333. The summed E-state index contributed by atoms with van der Waals surface area (Å²) in [5, 5.41) is 7.38. The van der Waals surface area contributed by atoms with Gasteiger partial charge in [0.15, 0.2) is 12.0 Å². The maximum Gasteiger partial charge on any atom is 0.203 e. The Balaban J connectivity index is 2.39. The van der Waals surface area contributed by atoms with E-state index >= 15 is 0 Å². The van der Waals surface area contributed by atoms with Gasteiger partial charge in [0.05, 0.1) is 17.7 Å². The fourth-order valence-electron chi connectivity index (χ4n) is 1.06. The topological polar surface area (TPSA) is 44.8 Å². The zero-order valence-electron chi connectivity index (χ0n) is 5.27. The summed E-state index contributed by atoms with van der Waals surface area (Å²) in [5.41, 5.74) is 0. The molecule has 0 bridgehead atoms. The number of nitrogens with zero attached hydrogens (tertiary/aromatic N) is 3. The number of fused-ring (bicyclic) bond motifs is 1. The summed E-state index contributed by atoms with van der Waals surface area (Å²) in [6, 6.07) is -0.169. The molecule has 2 heterocycles. The molecule has 50 valence electrons. The molecule has 10 heavy (non-hydrogen) atoms.